The first kappa shape index (κ1) is 21.9. The number of fused-ring (bicyclic) bond motifs is 2. The van der Waals surface area contributed by atoms with Crippen LogP contribution in [0.2, 0.25) is 5.02 Å². The molecule has 0 radical (unpaired) electrons. The summed E-state index contributed by atoms with van der Waals surface area (Å²) in [4.78, 5) is 24.4. The first-order valence-electron chi connectivity index (χ1n) is 10.9. The summed E-state index contributed by atoms with van der Waals surface area (Å²) in [6, 6.07) is 9.34. The van der Waals surface area contributed by atoms with E-state index >= 15 is 0 Å². The van der Waals surface area contributed by atoms with E-state index in [1.807, 2.05) is 39.2 Å². The van der Waals surface area contributed by atoms with Gasteiger partial charge in [-0.15, -0.1) is 0 Å². The van der Waals surface area contributed by atoms with E-state index in [-0.39, 0.29) is 12.1 Å². The van der Waals surface area contributed by atoms with Gasteiger partial charge in [-0.05, 0) is 38.1 Å². The van der Waals surface area contributed by atoms with Crippen molar-refractivity contribution in [3.05, 3.63) is 47.2 Å². The van der Waals surface area contributed by atoms with E-state index < -0.39 is 6.09 Å². The fraction of sp³-hybridized carbons (Fsp3) is 0.292. The Morgan fingerprint density at radius 2 is 1.94 bits per heavy atom. The molecule has 1 aromatic carbocycles. The molecule has 34 heavy (non-hydrogen) atoms. The smallest absolute Gasteiger partial charge is 0.407 e. The molecule has 0 bridgehead atoms. The van der Waals surface area contributed by atoms with Gasteiger partial charge in [-0.1, -0.05) is 11.6 Å². The second kappa shape index (κ2) is 8.15. The molecule has 0 aliphatic carbocycles. The third-order valence-electron chi connectivity index (χ3n) is 6.24. The number of piperazine rings is 1. The second-order valence-corrected chi connectivity index (χ2v) is 9.13. The van der Waals surface area contributed by atoms with Crippen LogP contribution < -0.4 is 4.90 Å². The van der Waals surface area contributed by atoms with Crippen molar-refractivity contribution in [2.24, 2.45) is 7.05 Å². The number of carboxylic acid groups (broad SMARTS) is 1. The Kier molecular flexibility index (Phi) is 5.25. The molecule has 10 heteroatoms. The Bertz CT molecular complexity index is 1480. The maximum Gasteiger partial charge on any atom is 0.407 e. The van der Waals surface area contributed by atoms with Gasteiger partial charge in [0.1, 0.15) is 11.6 Å². The molecular weight excluding hydrogens is 454 g/mol. The van der Waals surface area contributed by atoms with Crippen molar-refractivity contribution in [3.8, 4) is 17.3 Å². The quantitative estimate of drug-likeness (QED) is 0.460. The molecule has 0 unspecified atom stereocenters. The summed E-state index contributed by atoms with van der Waals surface area (Å²) in [5, 5.41) is 25.5. The van der Waals surface area contributed by atoms with Crippen LogP contribution in [0.5, 0.6) is 0 Å². The van der Waals surface area contributed by atoms with Crippen molar-refractivity contribution in [2.75, 3.05) is 18.0 Å². The number of hydrogen-bond donors (Lipinski definition) is 1. The number of benzene rings is 1. The lowest BCUT2D eigenvalue weighted by atomic mass is 10.0. The molecule has 1 fully saturated rings. The molecule has 1 saturated heterocycles. The van der Waals surface area contributed by atoms with Gasteiger partial charge in [0.2, 0.25) is 0 Å². The maximum atomic E-state index is 11.5. The number of pyridine rings is 2. The van der Waals surface area contributed by atoms with Crippen molar-refractivity contribution in [1.29, 1.82) is 5.26 Å². The van der Waals surface area contributed by atoms with Gasteiger partial charge in [0, 0.05) is 42.7 Å². The van der Waals surface area contributed by atoms with E-state index in [4.69, 9.17) is 16.6 Å². The first-order valence-corrected chi connectivity index (χ1v) is 11.2. The highest BCUT2D eigenvalue weighted by molar-refractivity contribution is 6.35. The Balaban J connectivity index is 1.52. The van der Waals surface area contributed by atoms with Gasteiger partial charge in [0.25, 0.3) is 0 Å². The van der Waals surface area contributed by atoms with E-state index in [0.29, 0.717) is 45.9 Å². The molecule has 2 atom stereocenters. The molecular formula is C24H22ClN7O2. The van der Waals surface area contributed by atoms with Crippen molar-refractivity contribution >= 4 is 45.3 Å². The van der Waals surface area contributed by atoms with Gasteiger partial charge in [-0.2, -0.15) is 10.4 Å². The average Bonchev–Trinajstić information content (AvgIpc) is 3.17. The molecule has 1 N–H and O–H groups in total. The summed E-state index contributed by atoms with van der Waals surface area (Å²) in [5.41, 5.74) is 3.88. The van der Waals surface area contributed by atoms with Crippen LogP contribution in [-0.2, 0) is 7.05 Å². The number of nitriles is 1. The van der Waals surface area contributed by atoms with E-state index in [0.717, 1.165) is 16.6 Å². The van der Waals surface area contributed by atoms with E-state index in [2.05, 4.69) is 21.1 Å². The standard InChI is InChI=1S/C24H22ClN7O2/c1-13-10-31(11-14(2)32(13)24(33)34)18-6-19-20(25)7-21(28-23(19)27-9-18)15-4-16(8-26)22-17(5-15)12-30(3)29-22/h4-7,9,12-14H,10-11H2,1-3H3,(H,33,34)/t13-,14+. The number of nitrogens with zero attached hydrogens (tertiary/aromatic N) is 7. The number of rotatable bonds is 2. The Morgan fingerprint density at radius 3 is 2.62 bits per heavy atom. The number of amides is 1. The lowest BCUT2D eigenvalue weighted by molar-refractivity contribution is 0.0982. The molecule has 0 spiro atoms. The number of carbonyl (C=O) groups is 1. The number of aromatic nitrogens is 4. The fourth-order valence-electron chi connectivity index (χ4n) is 4.77. The Hall–Kier alpha value is -3.90. The van der Waals surface area contributed by atoms with Gasteiger partial charge in [-0.3, -0.25) is 9.58 Å². The first-order chi connectivity index (χ1) is 16.2. The lowest BCUT2D eigenvalue weighted by Gasteiger charge is -2.43. The molecule has 0 saturated carbocycles. The highest BCUT2D eigenvalue weighted by Gasteiger charge is 2.33. The molecule has 172 valence electrons. The largest absolute Gasteiger partial charge is 0.465 e. The van der Waals surface area contributed by atoms with E-state index in [1.165, 1.54) is 4.90 Å². The topological polar surface area (TPSA) is 111 Å². The van der Waals surface area contributed by atoms with Crippen LogP contribution in [0, 0.1) is 11.3 Å². The van der Waals surface area contributed by atoms with Gasteiger partial charge in [0.15, 0.2) is 5.65 Å². The summed E-state index contributed by atoms with van der Waals surface area (Å²) in [7, 11) is 1.82. The third kappa shape index (κ3) is 3.66. The fourth-order valence-corrected chi connectivity index (χ4v) is 5.02. The number of aryl methyl sites for hydroxylation is 1. The van der Waals surface area contributed by atoms with Crippen LogP contribution in [-0.4, -0.2) is 61.0 Å². The van der Waals surface area contributed by atoms with Crippen molar-refractivity contribution in [1.82, 2.24) is 24.6 Å². The molecule has 1 aliphatic rings. The van der Waals surface area contributed by atoms with Gasteiger partial charge >= 0.3 is 6.09 Å². The minimum absolute atomic E-state index is 0.148. The predicted octanol–water partition coefficient (Wildman–Crippen LogP) is 4.29. The van der Waals surface area contributed by atoms with Crippen molar-refractivity contribution < 1.29 is 9.90 Å². The Morgan fingerprint density at radius 1 is 1.21 bits per heavy atom. The molecule has 4 aromatic rings. The highest BCUT2D eigenvalue weighted by Crippen LogP contribution is 2.32. The third-order valence-corrected chi connectivity index (χ3v) is 6.56. The molecule has 9 nitrogen and oxygen atoms in total. The van der Waals surface area contributed by atoms with Crippen LogP contribution in [0.1, 0.15) is 19.4 Å². The van der Waals surface area contributed by atoms with Crippen LogP contribution in [0.15, 0.2) is 36.7 Å². The zero-order valence-corrected chi connectivity index (χ0v) is 19.7. The molecule has 1 aliphatic heterocycles. The number of halogens is 1. The van der Waals surface area contributed by atoms with Crippen LogP contribution in [0.3, 0.4) is 0 Å². The minimum atomic E-state index is -0.903. The minimum Gasteiger partial charge on any atom is -0.465 e. The van der Waals surface area contributed by atoms with Crippen LogP contribution >= 0.6 is 11.6 Å². The SMILES string of the molecule is C[C@@H]1CN(c2cnc3nc(-c4cc(C#N)c5nn(C)cc5c4)cc(Cl)c3c2)C[C@H](C)N1C(=O)O. The molecule has 4 heterocycles. The summed E-state index contributed by atoms with van der Waals surface area (Å²) in [5.74, 6) is 0. The maximum absolute atomic E-state index is 11.5. The van der Waals surface area contributed by atoms with Crippen LogP contribution in [0.25, 0.3) is 33.2 Å². The average molecular weight is 476 g/mol. The summed E-state index contributed by atoms with van der Waals surface area (Å²) in [6.07, 6.45) is 2.70. The van der Waals surface area contributed by atoms with Crippen LogP contribution in [0.4, 0.5) is 10.5 Å². The zero-order valence-electron chi connectivity index (χ0n) is 18.9. The van der Waals surface area contributed by atoms with Crippen molar-refractivity contribution in [3.63, 3.8) is 0 Å². The zero-order chi connectivity index (χ0) is 24.1. The Labute approximate surface area is 200 Å². The lowest BCUT2D eigenvalue weighted by Crippen LogP contribution is -2.58. The van der Waals surface area contributed by atoms with Gasteiger partial charge in [-0.25, -0.2) is 14.8 Å². The molecule has 5 rings (SSSR count). The summed E-state index contributed by atoms with van der Waals surface area (Å²) < 4.78 is 1.68. The summed E-state index contributed by atoms with van der Waals surface area (Å²) in [6.45, 7) is 4.94. The van der Waals surface area contributed by atoms with E-state index in [1.54, 1.807) is 23.0 Å². The van der Waals surface area contributed by atoms with Crippen molar-refractivity contribution in [2.45, 2.75) is 25.9 Å². The second-order valence-electron chi connectivity index (χ2n) is 8.72. The molecule has 1 amide bonds. The predicted molar refractivity (Wildman–Crippen MR) is 130 cm³/mol. The van der Waals surface area contributed by atoms with E-state index in [9.17, 15) is 15.2 Å². The van der Waals surface area contributed by atoms with Gasteiger partial charge in [0.05, 0.1) is 40.2 Å². The normalized spacial score (nSPS) is 18.4. The summed E-state index contributed by atoms with van der Waals surface area (Å²) >= 11 is 6.68. The molecule has 3 aromatic heterocycles. The number of anilines is 1. The highest BCUT2D eigenvalue weighted by atomic mass is 35.5. The monoisotopic (exact) mass is 475 g/mol. The van der Waals surface area contributed by atoms with Gasteiger partial charge < -0.3 is 10.0 Å². The number of hydrogen-bond acceptors (Lipinski definition) is 6.